The first-order chi connectivity index (χ1) is 6.72. The Labute approximate surface area is 80.9 Å². The van der Waals surface area contributed by atoms with Crippen molar-refractivity contribution in [2.75, 3.05) is 13.7 Å². The summed E-state index contributed by atoms with van der Waals surface area (Å²) in [7, 11) is 1.39. The smallest absolute Gasteiger partial charge is 0.168 e. The van der Waals surface area contributed by atoms with Crippen molar-refractivity contribution >= 4 is 0 Å². The van der Waals surface area contributed by atoms with E-state index in [1.807, 2.05) is 0 Å². The standard InChI is InChI=1S/C10H11F2NO/c1-14-10-7(9-2-3-13-9)4-6(11)5-8(10)12/h4-5,9,13H,2-3H2,1H3. The van der Waals surface area contributed by atoms with Gasteiger partial charge in [0.15, 0.2) is 11.6 Å². The molecule has 2 rings (SSSR count). The average molecular weight is 199 g/mol. The van der Waals surface area contributed by atoms with Crippen molar-refractivity contribution in [1.29, 1.82) is 0 Å². The van der Waals surface area contributed by atoms with E-state index in [0.717, 1.165) is 19.0 Å². The van der Waals surface area contributed by atoms with Gasteiger partial charge in [-0.25, -0.2) is 8.78 Å². The Morgan fingerprint density at radius 1 is 1.43 bits per heavy atom. The second-order valence-corrected chi connectivity index (χ2v) is 3.31. The van der Waals surface area contributed by atoms with E-state index >= 15 is 0 Å². The lowest BCUT2D eigenvalue weighted by molar-refractivity contribution is 0.337. The number of hydrogen-bond acceptors (Lipinski definition) is 2. The van der Waals surface area contributed by atoms with Crippen molar-refractivity contribution in [1.82, 2.24) is 5.32 Å². The summed E-state index contributed by atoms with van der Waals surface area (Å²) in [6.07, 6.45) is 0.888. The zero-order valence-corrected chi connectivity index (χ0v) is 7.81. The molecule has 1 atom stereocenters. The molecule has 0 aromatic heterocycles. The summed E-state index contributed by atoms with van der Waals surface area (Å²) >= 11 is 0. The zero-order chi connectivity index (χ0) is 10.1. The van der Waals surface area contributed by atoms with Crippen LogP contribution < -0.4 is 10.1 Å². The highest BCUT2D eigenvalue weighted by atomic mass is 19.1. The summed E-state index contributed by atoms with van der Waals surface area (Å²) in [5.41, 5.74) is 0.566. The molecule has 1 saturated heterocycles. The van der Waals surface area contributed by atoms with Crippen molar-refractivity contribution in [2.24, 2.45) is 0 Å². The Morgan fingerprint density at radius 2 is 2.14 bits per heavy atom. The molecule has 2 nitrogen and oxygen atoms in total. The van der Waals surface area contributed by atoms with Crippen molar-refractivity contribution in [2.45, 2.75) is 12.5 Å². The molecule has 0 radical (unpaired) electrons. The highest BCUT2D eigenvalue weighted by Crippen LogP contribution is 2.33. The minimum Gasteiger partial charge on any atom is -0.493 e. The van der Waals surface area contributed by atoms with Crippen molar-refractivity contribution < 1.29 is 13.5 Å². The van der Waals surface area contributed by atoms with Gasteiger partial charge >= 0.3 is 0 Å². The molecular formula is C10H11F2NO. The van der Waals surface area contributed by atoms with Gasteiger partial charge in [0.2, 0.25) is 0 Å². The maximum Gasteiger partial charge on any atom is 0.168 e. The van der Waals surface area contributed by atoms with Gasteiger partial charge in [-0.2, -0.15) is 0 Å². The lowest BCUT2D eigenvalue weighted by Crippen LogP contribution is -2.35. The van der Waals surface area contributed by atoms with Crippen LogP contribution in [0.3, 0.4) is 0 Å². The van der Waals surface area contributed by atoms with Gasteiger partial charge < -0.3 is 10.1 Å². The molecule has 0 bridgehead atoms. The molecule has 1 heterocycles. The summed E-state index contributed by atoms with van der Waals surface area (Å²) in [5.74, 6) is -1.06. The van der Waals surface area contributed by atoms with Crippen LogP contribution in [0.5, 0.6) is 5.75 Å². The van der Waals surface area contributed by atoms with Crippen LogP contribution in [-0.4, -0.2) is 13.7 Å². The molecule has 1 unspecified atom stereocenters. The quantitative estimate of drug-likeness (QED) is 0.786. The summed E-state index contributed by atoms with van der Waals surface area (Å²) in [5, 5.41) is 3.08. The van der Waals surface area contributed by atoms with Crippen LogP contribution in [0, 0.1) is 11.6 Å². The molecule has 0 spiro atoms. The van der Waals surface area contributed by atoms with E-state index < -0.39 is 11.6 Å². The fourth-order valence-corrected chi connectivity index (χ4v) is 1.61. The first-order valence-electron chi connectivity index (χ1n) is 4.48. The van der Waals surface area contributed by atoms with Crippen LogP contribution in [0.15, 0.2) is 12.1 Å². The molecule has 1 aliphatic heterocycles. The Morgan fingerprint density at radius 3 is 2.64 bits per heavy atom. The Kier molecular flexibility index (Phi) is 2.37. The molecule has 0 aliphatic carbocycles. The van der Waals surface area contributed by atoms with E-state index in [2.05, 4.69) is 5.32 Å². The zero-order valence-electron chi connectivity index (χ0n) is 7.81. The number of rotatable bonds is 2. The van der Waals surface area contributed by atoms with Gasteiger partial charge in [0.25, 0.3) is 0 Å². The third kappa shape index (κ3) is 1.46. The fraction of sp³-hybridized carbons (Fsp3) is 0.400. The van der Waals surface area contributed by atoms with Crippen LogP contribution in [0.1, 0.15) is 18.0 Å². The van der Waals surface area contributed by atoms with Gasteiger partial charge in [-0.05, 0) is 19.0 Å². The molecule has 76 valence electrons. The molecular weight excluding hydrogens is 188 g/mol. The first kappa shape index (κ1) is 9.40. The SMILES string of the molecule is COc1c(F)cc(F)cc1C1CCN1. The predicted molar refractivity (Wildman–Crippen MR) is 48.3 cm³/mol. The largest absolute Gasteiger partial charge is 0.493 e. The van der Waals surface area contributed by atoms with Crippen LogP contribution in [0.4, 0.5) is 8.78 Å². The molecule has 4 heteroatoms. The first-order valence-corrected chi connectivity index (χ1v) is 4.48. The van der Waals surface area contributed by atoms with E-state index in [1.165, 1.54) is 13.2 Å². The second kappa shape index (κ2) is 3.53. The normalized spacial score (nSPS) is 20.4. The van der Waals surface area contributed by atoms with Crippen molar-refractivity contribution in [3.8, 4) is 5.75 Å². The molecule has 1 N–H and O–H groups in total. The van der Waals surface area contributed by atoms with Gasteiger partial charge in [0, 0.05) is 17.7 Å². The number of ether oxygens (including phenoxy) is 1. The van der Waals surface area contributed by atoms with Gasteiger partial charge in [0.05, 0.1) is 7.11 Å². The minimum atomic E-state index is -0.642. The van der Waals surface area contributed by atoms with Crippen LogP contribution in [-0.2, 0) is 0 Å². The highest BCUT2D eigenvalue weighted by molar-refractivity contribution is 5.38. The van der Waals surface area contributed by atoms with E-state index in [4.69, 9.17) is 4.74 Å². The fourth-order valence-electron chi connectivity index (χ4n) is 1.61. The summed E-state index contributed by atoms with van der Waals surface area (Å²) in [6.45, 7) is 0.881. The lowest BCUT2D eigenvalue weighted by atomic mass is 9.97. The van der Waals surface area contributed by atoms with Gasteiger partial charge in [-0.1, -0.05) is 0 Å². The number of hydrogen-bond donors (Lipinski definition) is 1. The van der Waals surface area contributed by atoms with Crippen LogP contribution in [0.25, 0.3) is 0 Å². The van der Waals surface area contributed by atoms with Crippen LogP contribution in [0.2, 0.25) is 0 Å². The third-order valence-corrected chi connectivity index (χ3v) is 2.44. The Hall–Kier alpha value is -1.16. The van der Waals surface area contributed by atoms with E-state index in [1.54, 1.807) is 0 Å². The average Bonchev–Trinajstić information content (AvgIpc) is 1.99. The minimum absolute atomic E-state index is 0.0233. The molecule has 0 saturated carbocycles. The molecule has 1 fully saturated rings. The Bertz CT molecular complexity index is 350. The summed E-state index contributed by atoms with van der Waals surface area (Å²) < 4.78 is 31.1. The number of nitrogens with one attached hydrogen (secondary N) is 1. The lowest BCUT2D eigenvalue weighted by Gasteiger charge is -2.29. The molecule has 0 amide bonds. The topological polar surface area (TPSA) is 21.3 Å². The van der Waals surface area contributed by atoms with E-state index in [9.17, 15) is 8.78 Å². The molecule has 1 aliphatic rings. The van der Waals surface area contributed by atoms with Gasteiger partial charge in [-0.3, -0.25) is 0 Å². The molecule has 1 aromatic rings. The maximum absolute atomic E-state index is 13.2. The monoisotopic (exact) mass is 199 g/mol. The maximum atomic E-state index is 13.2. The third-order valence-electron chi connectivity index (χ3n) is 2.44. The Balaban J connectivity index is 2.44. The highest BCUT2D eigenvalue weighted by Gasteiger charge is 2.24. The number of methoxy groups -OCH3 is 1. The summed E-state index contributed by atoms with van der Waals surface area (Å²) in [4.78, 5) is 0. The molecule has 1 aromatic carbocycles. The van der Waals surface area contributed by atoms with Crippen molar-refractivity contribution in [3.05, 3.63) is 29.3 Å². The molecule has 14 heavy (non-hydrogen) atoms. The number of halogens is 2. The predicted octanol–water partition coefficient (Wildman–Crippen LogP) is 2.01. The summed E-state index contributed by atoms with van der Waals surface area (Å²) in [6, 6.07) is 2.18. The van der Waals surface area contributed by atoms with Crippen molar-refractivity contribution in [3.63, 3.8) is 0 Å². The van der Waals surface area contributed by atoms with Crippen LogP contribution >= 0.6 is 0 Å². The number of benzene rings is 1. The van der Waals surface area contributed by atoms with Gasteiger partial charge in [-0.15, -0.1) is 0 Å². The van der Waals surface area contributed by atoms with E-state index in [-0.39, 0.29) is 11.8 Å². The second-order valence-electron chi connectivity index (χ2n) is 3.31. The van der Waals surface area contributed by atoms with E-state index in [0.29, 0.717) is 5.56 Å². The van der Waals surface area contributed by atoms with Gasteiger partial charge in [0.1, 0.15) is 5.82 Å².